The van der Waals surface area contributed by atoms with Gasteiger partial charge >= 0.3 is 12.2 Å². The Hall–Kier alpha value is -2.49. The van der Waals surface area contributed by atoms with Gasteiger partial charge in [-0.2, -0.15) is 13.2 Å². The number of anilines is 1. The quantitative estimate of drug-likeness (QED) is 0.583. The van der Waals surface area contributed by atoms with E-state index in [0.717, 1.165) is 6.07 Å². The van der Waals surface area contributed by atoms with Gasteiger partial charge in [0.25, 0.3) is 5.91 Å². The Labute approximate surface area is 189 Å². The van der Waals surface area contributed by atoms with E-state index < -0.39 is 47.4 Å². The Morgan fingerprint density at radius 1 is 1.10 bits per heavy atom. The molecule has 2 aromatic carbocycles. The fourth-order valence-corrected chi connectivity index (χ4v) is 3.88. The van der Waals surface area contributed by atoms with E-state index in [0.29, 0.717) is 16.0 Å². The van der Waals surface area contributed by atoms with Gasteiger partial charge in [0.1, 0.15) is 12.1 Å². The number of alkyl halides is 3. The average Bonchev–Trinajstić information content (AvgIpc) is 2.86. The fraction of sp³-hybridized carbons (Fsp3) is 0.211. The Balaban J connectivity index is 1.82. The fourth-order valence-electron chi connectivity index (χ4n) is 3.11. The van der Waals surface area contributed by atoms with Gasteiger partial charge in [-0.25, -0.2) is 4.79 Å². The zero-order valence-corrected chi connectivity index (χ0v) is 17.9. The van der Waals surface area contributed by atoms with Crippen LogP contribution in [0.15, 0.2) is 36.4 Å². The molecule has 0 spiro atoms. The van der Waals surface area contributed by atoms with Crippen molar-refractivity contribution >= 4 is 58.3 Å². The lowest BCUT2D eigenvalue weighted by Gasteiger charge is -2.23. The molecule has 0 aromatic heterocycles. The third-order valence-corrected chi connectivity index (χ3v) is 5.39. The van der Waals surface area contributed by atoms with E-state index in [1.54, 1.807) is 0 Å². The highest BCUT2D eigenvalue weighted by Gasteiger charge is 2.50. The molecular weight excluding hydrogens is 482 g/mol. The standard InChI is InChI=1S/C19H13Cl3F3N3O3/c1-18(11-4-2-10(21)7-13(11)22)16(30)28(17(31)27-18)8-15(29)26-14-5-3-9(20)6-12(14)19(23,24)25/h2-7H,8H2,1H3,(H,26,29)(H,27,31). The van der Waals surface area contributed by atoms with E-state index in [4.69, 9.17) is 34.8 Å². The van der Waals surface area contributed by atoms with Crippen LogP contribution in [0.1, 0.15) is 18.1 Å². The molecular formula is C19H13Cl3F3N3O3. The van der Waals surface area contributed by atoms with Gasteiger partial charge in [0.15, 0.2) is 0 Å². The summed E-state index contributed by atoms with van der Waals surface area (Å²) in [5, 5.41) is 4.77. The Kier molecular flexibility index (Phi) is 6.14. The number of urea groups is 1. The van der Waals surface area contributed by atoms with Crippen LogP contribution in [-0.2, 0) is 21.3 Å². The number of nitrogens with zero attached hydrogens (tertiary/aromatic N) is 1. The summed E-state index contributed by atoms with van der Waals surface area (Å²) >= 11 is 17.6. The summed E-state index contributed by atoms with van der Waals surface area (Å²) in [6.45, 7) is 0.576. The molecule has 1 unspecified atom stereocenters. The number of nitrogens with one attached hydrogen (secondary N) is 2. The highest BCUT2D eigenvalue weighted by atomic mass is 35.5. The summed E-state index contributed by atoms with van der Waals surface area (Å²) in [4.78, 5) is 38.2. The molecule has 1 saturated heterocycles. The van der Waals surface area contributed by atoms with Gasteiger partial charge < -0.3 is 10.6 Å². The van der Waals surface area contributed by atoms with Crippen molar-refractivity contribution in [1.29, 1.82) is 0 Å². The van der Waals surface area contributed by atoms with Crippen LogP contribution in [0.2, 0.25) is 15.1 Å². The second-order valence-corrected chi connectivity index (χ2v) is 8.09. The SMILES string of the molecule is CC1(c2ccc(Cl)cc2Cl)NC(=O)N(CC(=O)Nc2ccc(Cl)cc2C(F)(F)F)C1=O. The van der Waals surface area contributed by atoms with E-state index in [1.807, 2.05) is 0 Å². The first-order chi connectivity index (χ1) is 14.3. The van der Waals surface area contributed by atoms with Gasteiger partial charge in [-0.1, -0.05) is 40.9 Å². The summed E-state index contributed by atoms with van der Waals surface area (Å²) in [5.41, 5.74) is -3.06. The van der Waals surface area contributed by atoms with E-state index in [9.17, 15) is 27.6 Å². The van der Waals surface area contributed by atoms with Crippen LogP contribution in [0.5, 0.6) is 0 Å². The summed E-state index contributed by atoms with van der Waals surface area (Å²) in [6.07, 6.45) is -4.78. The molecule has 1 aliphatic rings. The molecule has 1 heterocycles. The largest absolute Gasteiger partial charge is 0.418 e. The number of hydrogen-bond donors (Lipinski definition) is 2. The van der Waals surface area contributed by atoms with Crippen molar-refractivity contribution in [3.63, 3.8) is 0 Å². The number of rotatable bonds is 4. The van der Waals surface area contributed by atoms with Gasteiger partial charge in [0.05, 0.1) is 11.3 Å². The normalized spacial score (nSPS) is 18.9. The number of amides is 4. The minimum Gasteiger partial charge on any atom is -0.324 e. The van der Waals surface area contributed by atoms with Crippen LogP contribution < -0.4 is 10.6 Å². The number of hydrogen-bond acceptors (Lipinski definition) is 3. The molecule has 12 heteroatoms. The lowest BCUT2D eigenvalue weighted by Crippen LogP contribution is -2.42. The van der Waals surface area contributed by atoms with Crippen LogP contribution in [0, 0.1) is 0 Å². The average molecular weight is 495 g/mol. The molecule has 0 aliphatic carbocycles. The van der Waals surface area contributed by atoms with Gasteiger partial charge in [-0.3, -0.25) is 14.5 Å². The highest BCUT2D eigenvalue weighted by Crippen LogP contribution is 2.37. The summed E-state index contributed by atoms with van der Waals surface area (Å²) in [6, 6.07) is 6.22. The summed E-state index contributed by atoms with van der Waals surface area (Å²) in [5.74, 6) is -1.81. The van der Waals surface area contributed by atoms with Crippen LogP contribution in [0.3, 0.4) is 0 Å². The maximum absolute atomic E-state index is 13.2. The minimum absolute atomic E-state index is 0.117. The molecule has 3 rings (SSSR count). The van der Waals surface area contributed by atoms with Crippen LogP contribution >= 0.6 is 34.8 Å². The lowest BCUT2D eigenvalue weighted by molar-refractivity contribution is -0.137. The first-order valence-corrected chi connectivity index (χ1v) is 9.72. The van der Waals surface area contributed by atoms with Crippen molar-refractivity contribution in [1.82, 2.24) is 10.2 Å². The predicted molar refractivity (Wildman–Crippen MR) is 109 cm³/mol. The van der Waals surface area contributed by atoms with Gasteiger partial charge in [0.2, 0.25) is 5.91 Å². The zero-order valence-electron chi connectivity index (χ0n) is 15.6. The molecule has 164 valence electrons. The van der Waals surface area contributed by atoms with Crippen LogP contribution in [-0.4, -0.2) is 29.3 Å². The minimum atomic E-state index is -4.78. The predicted octanol–water partition coefficient (Wildman–Crippen LogP) is 5.07. The molecule has 2 N–H and O–H groups in total. The molecule has 4 amide bonds. The van der Waals surface area contributed by atoms with Crippen molar-refractivity contribution in [2.75, 3.05) is 11.9 Å². The van der Waals surface area contributed by atoms with Crippen molar-refractivity contribution < 1.29 is 27.6 Å². The molecule has 2 aromatic rings. The molecule has 31 heavy (non-hydrogen) atoms. The zero-order chi connectivity index (χ0) is 23.1. The van der Waals surface area contributed by atoms with E-state index >= 15 is 0 Å². The Bertz CT molecular complexity index is 1090. The van der Waals surface area contributed by atoms with Crippen molar-refractivity contribution in [2.24, 2.45) is 0 Å². The summed E-state index contributed by atoms with van der Waals surface area (Å²) in [7, 11) is 0. The number of imide groups is 1. The molecule has 1 aliphatic heterocycles. The first-order valence-electron chi connectivity index (χ1n) is 8.59. The van der Waals surface area contributed by atoms with Gasteiger partial charge in [-0.15, -0.1) is 0 Å². The molecule has 6 nitrogen and oxygen atoms in total. The molecule has 1 atom stereocenters. The molecule has 0 radical (unpaired) electrons. The third kappa shape index (κ3) is 4.58. The van der Waals surface area contributed by atoms with E-state index in [2.05, 4.69) is 10.6 Å². The Morgan fingerprint density at radius 2 is 1.71 bits per heavy atom. The third-order valence-electron chi connectivity index (χ3n) is 4.61. The second-order valence-electron chi connectivity index (χ2n) is 6.81. The van der Waals surface area contributed by atoms with Crippen molar-refractivity contribution in [2.45, 2.75) is 18.6 Å². The molecule has 0 saturated carbocycles. The summed E-state index contributed by atoms with van der Waals surface area (Å²) < 4.78 is 39.6. The Morgan fingerprint density at radius 3 is 2.32 bits per heavy atom. The van der Waals surface area contributed by atoms with Crippen LogP contribution in [0.25, 0.3) is 0 Å². The topological polar surface area (TPSA) is 78.5 Å². The number of carbonyl (C=O) groups excluding carboxylic acids is 3. The van der Waals surface area contributed by atoms with Gasteiger partial charge in [0, 0.05) is 20.6 Å². The second kappa shape index (κ2) is 8.22. The number of halogens is 6. The first kappa shape index (κ1) is 23.2. The van der Waals surface area contributed by atoms with Crippen molar-refractivity contribution in [3.05, 3.63) is 62.6 Å². The maximum atomic E-state index is 13.2. The molecule has 1 fully saturated rings. The van der Waals surface area contributed by atoms with E-state index in [-0.39, 0.29) is 15.6 Å². The number of carbonyl (C=O) groups is 3. The van der Waals surface area contributed by atoms with E-state index in [1.165, 1.54) is 31.2 Å². The van der Waals surface area contributed by atoms with Crippen molar-refractivity contribution in [3.8, 4) is 0 Å². The lowest BCUT2D eigenvalue weighted by atomic mass is 9.92. The number of benzene rings is 2. The monoisotopic (exact) mass is 493 g/mol. The maximum Gasteiger partial charge on any atom is 0.418 e. The smallest absolute Gasteiger partial charge is 0.324 e. The van der Waals surface area contributed by atoms with Crippen LogP contribution in [0.4, 0.5) is 23.7 Å². The highest BCUT2D eigenvalue weighted by molar-refractivity contribution is 6.35. The molecule has 0 bridgehead atoms. The van der Waals surface area contributed by atoms with Gasteiger partial charge in [-0.05, 0) is 37.3 Å².